The Morgan fingerprint density at radius 1 is 1.20 bits per heavy atom. The average Bonchev–Trinajstić information content (AvgIpc) is 2.46. The molecular formula is C15H10ClN3O. The largest absolute Gasteiger partial charge is 0.298 e. The lowest BCUT2D eigenvalue weighted by molar-refractivity contribution is 0.112. The first-order chi connectivity index (χ1) is 9.69. The summed E-state index contributed by atoms with van der Waals surface area (Å²) in [6.07, 6.45) is 2.41. The van der Waals surface area contributed by atoms with Gasteiger partial charge in [0.25, 0.3) is 0 Å². The number of aryl methyl sites for hydroxylation is 1. The highest BCUT2D eigenvalue weighted by Gasteiger charge is 2.13. The van der Waals surface area contributed by atoms with Crippen LogP contribution >= 0.6 is 11.6 Å². The van der Waals surface area contributed by atoms with E-state index in [9.17, 15) is 4.79 Å². The second-order valence-electron chi connectivity index (χ2n) is 4.35. The van der Waals surface area contributed by atoms with Gasteiger partial charge in [-0.3, -0.25) is 9.78 Å². The highest BCUT2D eigenvalue weighted by Crippen LogP contribution is 2.27. The molecule has 3 rings (SSSR count). The molecule has 0 aliphatic rings. The zero-order chi connectivity index (χ0) is 14.1. The summed E-state index contributed by atoms with van der Waals surface area (Å²) in [5.74, 6) is 0.525. The number of nitrogens with zero attached hydrogens (tertiary/aromatic N) is 3. The van der Waals surface area contributed by atoms with Crippen LogP contribution in [-0.2, 0) is 0 Å². The number of fused-ring (bicyclic) bond motifs is 1. The van der Waals surface area contributed by atoms with Gasteiger partial charge in [-0.1, -0.05) is 29.8 Å². The first-order valence-electron chi connectivity index (χ1n) is 6.03. The molecule has 0 saturated heterocycles. The number of halogens is 1. The van der Waals surface area contributed by atoms with Crippen molar-refractivity contribution in [2.75, 3.05) is 0 Å². The van der Waals surface area contributed by atoms with Crippen molar-refractivity contribution in [1.82, 2.24) is 15.0 Å². The molecule has 1 aromatic carbocycles. The van der Waals surface area contributed by atoms with Crippen LogP contribution in [0, 0.1) is 6.92 Å². The molecule has 2 aromatic heterocycles. The topological polar surface area (TPSA) is 55.7 Å². The Hall–Kier alpha value is -2.33. The number of carbonyl (C=O) groups excluding carboxylic acids is 1. The highest BCUT2D eigenvalue weighted by atomic mass is 35.5. The van der Waals surface area contributed by atoms with Gasteiger partial charge in [0.1, 0.15) is 11.0 Å². The average molecular weight is 284 g/mol. The van der Waals surface area contributed by atoms with Crippen LogP contribution in [0.3, 0.4) is 0 Å². The second kappa shape index (κ2) is 4.98. The van der Waals surface area contributed by atoms with Gasteiger partial charge < -0.3 is 0 Å². The Morgan fingerprint density at radius 3 is 2.85 bits per heavy atom. The van der Waals surface area contributed by atoms with E-state index in [1.807, 2.05) is 30.3 Å². The van der Waals surface area contributed by atoms with Crippen molar-refractivity contribution in [3.05, 3.63) is 53.1 Å². The molecule has 0 bridgehead atoms. The molecule has 5 heteroatoms. The van der Waals surface area contributed by atoms with Gasteiger partial charge in [0, 0.05) is 17.1 Å². The van der Waals surface area contributed by atoms with Gasteiger partial charge in [-0.25, -0.2) is 9.97 Å². The van der Waals surface area contributed by atoms with E-state index in [1.54, 1.807) is 13.1 Å². The fourth-order valence-corrected chi connectivity index (χ4v) is 2.34. The standard InChI is InChI=1S/C15H10ClN3O/c1-9-18-14(12(8-20)15(16)19-9)11-5-4-10-3-2-6-17-13(10)7-11/h2-8H,1H3. The normalized spacial score (nSPS) is 10.7. The summed E-state index contributed by atoms with van der Waals surface area (Å²) in [6.45, 7) is 1.74. The monoisotopic (exact) mass is 283 g/mol. The van der Waals surface area contributed by atoms with E-state index in [-0.39, 0.29) is 5.15 Å². The summed E-state index contributed by atoms with van der Waals surface area (Å²) in [6, 6.07) is 9.59. The summed E-state index contributed by atoms with van der Waals surface area (Å²) >= 11 is 6.00. The van der Waals surface area contributed by atoms with Gasteiger partial charge in [-0.15, -0.1) is 0 Å². The van der Waals surface area contributed by atoms with Crippen molar-refractivity contribution in [2.45, 2.75) is 6.92 Å². The Morgan fingerprint density at radius 2 is 2.05 bits per heavy atom. The maximum Gasteiger partial charge on any atom is 0.155 e. The van der Waals surface area contributed by atoms with Crippen LogP contribution in [0.2, 0.25) is 5.15 Å². The predicted molar refractivity (Wildman–Crippen MR) is 77.9 cm³/mol. The molecule has 0 N–H and O–H groups in total. The maximum absolute atomic E-state index is 11.2. The molecule has 98 valence electrons. The number of aromatic nitrogens is 3. The number of carbonyl (C=O) groups is 1. The predicted octanol–water partition coefficient (Wildman–Crippen LogP) is 3.47. The number of rotatable bonds is 2. The molecule has 0 aliphatic heterocycles. The lowest BCUT2D eigenvalue weighted by Gasteiger charge is -2.07. The third-order valence-electron chi connectivity index (χ3n) is 3.01. The lowest BCUT2D eigenvalue weighted by atomic mass is 10.1. The molecule has 0 fully saturated rings. The number of aldehydes is 1. The fourth-order valence-electron chi connectivity index (χ4n) is 2.09. The summed E-state index contributed by atoms with van der Waals surface area (Å²) in [7, 11) is 0. The molecule has 2 heterocycles. The van der Waals surface area contributed by atoms with Gasteiger partial charge in [-0.2, -0.15) is 0 Å². The number of pyridine rings is 1. The first-order valence-corrected chi connectivity index (χ1v) is 6.41. The Kier molecular flexibility index (Phi) is 3.16. The second-order valence-corrected chi connectivity index (χ2v) is 4.71. The van der Waals surface area contributed by atoms with E-state index >= 15 is 0 Å². The summed E-state index contributed by atoms with van der Waals surface area (Å²) < 4.78 is 0. The van der Waals surface area contributed by atoms with Crippen molar-refractivity contribution >= 4 is 28.8 Å². The zero-order valence-electron chi connectivity index (χ0n) is 10.7. The minimum Gasteiger partial charge on any atom is -0.298 e. The molecule has 3 aromatic rings. The third-order valence-corrected chi connectivity index (χ3v) is 3.30. The summed E-state index contributed by atoms with van der Waals surface area (Å²) in [4.78, 5) is 23.8. The Balaban J connectivity index is 2.27. The van der Waals surface area contributed by atoms with Crippen molar-refractivity contribution < 1.29 is 4.79 Å². The van der Waals surface area contributed by atoms with Crippen LogP contribution in [0.4, 0.5) is 0 Å². The van der Waals surface area contributed by atoms with E-state index < -0.39 is 0 Å². The quantitative estimate of drug-likeness (QED) is 0.534. The Bertz CT molecular complexity index is 817. The molecular weight excluding hydrogens is 274 g/mol. The Labute approximate surface area is 120 Å². The van der Waals surface area contributed by atoms with Gasteiger partial charge in [0.05, 0.1) is 16.8 Å². The number of hydrogen-bond donors (Lipinski definition) is 0. The summed E-state index contributed by atoms with van der Waals surface area (Å²) in [5.41, 5.74) is 2.47. The summed E-state index contributed by atoms with van der Waals surface area (Å²) in [5, 5.41) is 1.20. The first kappa shape index (κ1) is 12.7. The zero-order valence-corrected chi connectivity index (χ0v) is 11.4. The highest BCUT2D eigenvalue weighted by molar-refractivity contribution is 6.32. The van der Waals surface area contributed by atoms with E-state index in [0.29, 0.717) is 23.4 Å². The molecule has 0 aliphatic carbocycles. The molecule has 0 spiro atoms. The maximum atomic E-state index is 11.2. The molecule has 0 unspecified atom stereocenters. The molecule has 4 nitrogen and oxygen atoms in total. The van der Waals surface area contributed by atoms with Crippen molar-refractivity contribution in [1.29, 1.82) is 0 Å². The van der Waals surface area contributed by atoms with E-state index in [2.05, 4.69) is 15.0 Å². The molecule has 0 amide bonds. The van der Waals surface area contributed by atoms with Crippen LogP contribution < -0.4 is 0 Å². The SMILES string of the molecule is Cc1nc(Cl)c(C=O)c(-c2ccc3cccnc3c2)n1. The minimum atomic E-state index is 0.170. The van der Waals surface area contributed by atoms with E-state index in [1.165, 1.54) is 0 Å². The number of hydrogen-bond acceptors (Lipinski definition) is 4. The molecule has 0 saturated carbocycles. The fraction of sp³-hybridized carbons (Fsp3) is 0.0667. The van der Waals surface area contributed by atoms with Crippen molar-refractivity contribution in [3.63, 3.8) is 0 Å². The van der Waals surface area contributed by atoms with Crippen LogP contribution in [0.5, 0.6) is 0 Å². The van der Waals surface area contributed by atoms with Gasteiger partial charge in [0.15, 0.2) is 6.29 Å². The van der Waals surface area contributed by atoms with Crippen LogP contribution in [0.1, 0.15) is 16.2 Å². The van der Waals surface area contributed by atoms with E-state index in [0.717, 1.165) is 16.5 Å². The smallest absolute Gasteiger partial charge is 0.155 e. The minimum absolute atomic E-state index is 0.170. The van der Waals surface area contributed by atoms with Crippen molar-refractivity contribution in [2.24, 2.45) is 0 Å². The molecule has 0 atom stereocenters. The molecule has 0 radical (unpaired) electrons. The van der Waals surface area contributed by atoms with Crippen LogP contribution in [0.25, 0.3) is 22.2 Å². The van der Waals surface area contributed by atoms with E-state index in [4.69, 9.17) is 11.6 Å². The van der Waals surface area contributed by atoms with Crippen LogP contribution in [0.15, 0.2) is 36.5 Å². The lowest BCUT2D eigenvalue weighted by Crippen LogP contribution is -1.99. The van der Waals surface area contributed by atoms with Crippen molar-refractivity contribution in [3.8, 4) is 11.3 Å². The molecule has 20 heavy (non-hydrogen) atoms. The van der Waals surface area contributed by atoms with Gasteiger partial charge in [-0.05, 0) is 19.1 Å². The van der Waals surface area contributed by atoms with Gasteiger partial charge in [0.2, 0.25) is 0 Å². The third kappa shape index (κ3) is 2.14. The number of benzene rings is 1. The van der Waals surface area contributed by atoms with Gasteiger partial charge >= 0.3 is 0 Å². The van der Waals surface area contributed by atoms with Crippen LogP contribution in [-0.4, -0.2) is 21.2 Å².